The molecule has 0 atom stereocenters. The summed E-state index contributed by atoms with van der Waals surface area (Å²) in [5.41, 5.74) is 0.395. The van der Waals surface area contributed by atoms with Crippen LogP contribution in [0.2, 0.25) is 5.02 Å². The van der Waals surface area contributed by atoms with E-state index in [1.54, 1.807) is 6.07 Å². The minimum atomic E-state index is -0.415. The molecule has 0 radical (unpaired) electrons. The predicted molar refractivity (Wildman–Crippen MR) is 53.4 cm³/mol. The van der Waals surface area contributed by atoms with Crippen LogP contribution in [0.1, 0.15) is 5.56 Å². The van der Waals surface area contributed by atoms with Crippen LogP contribution in [-0.4, -0.2) is 0 Å². The summed E-state index contributed by atoms with van der Waals surface area (Å²) in [6, 6.07) is 4.70. The van der Waals surface area contributed by atoms with Crippen LogP contribution in [0.3, 0.4) is 0 Å². The molecule has 0 N–H and O–H groups in total. The number of halogens is 3. The summed E-state index contributed by atoms with van der Waals surface area (Å²) < 4.78 is 13.7. The summed E-state index contributed by atoms with van der Waals surface area (Å²) in [7, 11) is 0. The number of rotatable bonds is 1. The Balaban J connectivity index is 3.16. The summed E-state index contributed by atoms with van der Waals surface area (Å²) in [5, 5.41) is 8.74. The normalized spacial score (nSPS) is 9.50. The van der Waals surface area contributed by atoms with Crippen molar-refractivity contribution in [2.75, 3.05) is 0 Å². The van der Waals surface area contributed by atoms with Gasteiger partial charge in [0.15, 0.2) is 0 Å². The Morgan fingerprint density at radius 1 is 1.58 bits per heavy atom. The van der Waals surface area contributed by atoms with Gasteiger partial charge < -0.3 is 0 Å². The fourth-order valence-electron chi connectivity index (χ4n) is 0.784. The highest BCUT2D eigenvalue weighted by Crippen LogP contribution is 2.22. The van der Waals surface area contributed by atoms with Gasteiger partial charge in [-0.1, -0.05) is 11.6 Å². The molecule has 1 aromatic carbocycles. The van der Waals surface area contributed by atoms with E-state index in [9.17, 15) is 4.39 Å². The van der Waals surface area contributed by atoms with Crippen molar-refractivity contribution in [3.63, 3.8) is 0 Å². The number of benzene rings is 1. The molecule has 12 heavy (non-hydrogen) atoms. The van der Waals surface area contributed by atoms with E-state index >= 15 is 0 Å². The molecule has 0 aromatic heterocycles. The molecule has 0 aliphatic carbocycles. The number of hydrogen-bond acceptors (Lipinski definition) is 1. The molecule has 1 aromatic rings. The quantitative estimate of drug-likeness (QED) is 0.577. The van der Waals surface area contributed by atoms with E-state index < -0.39 is 5.82 Å². The second-order valence-corrected chi connectivity index (χ2v) is 3.76. The molecule has 0 amide bonds. The lowest BCUT2D eigenvalue weighted by molar-refractivity contribution is 0.615. The van der Waals surface area contributed by atoms with Crippen LogP contribution < -0.4 is 0 Å². The lowest BCUT2D eigenvalue weighted by atomic mass is 10.1. The summed E-state index contributed by atoms with van der Waals surface area (Å²) in [6.07, 6.45) is 0.0823. The van der Waals surface area contributed by atoms with Gasteiger partial charge in [0.2, 0.25) is 0 Å². The van der Waals surface area contributed by atoms with Gasteiger partial charge in [-0.05, 0) is 34.7 Å². The number of nitrogens with zero attached hydrogens (tertiary/aromatic N) is 1. The van der Waals surface area contributed by atoms with E-state index in [4.69, 9.17) is 16.9 Å². The van der Waals surface area contributed by atoms with Crippen molar-refractivity contribution in [3.05, 3.63) is 32.1 Å². The largest absolute Gasteiger partial charge is 0.207 e. The van der Waals surface area contributed by atoms with Gasteiger partial charge in [-0.3, -0.25) is 0 Å². The van der Waals surface area contributed by atoms with Crippen LogP contribution in [-0.2, 0) is 6.42 Å². The summed E-state index contributed by atoms with van der Waals surface area (Å²) in [5.74, 6) is -0.415. The van der Waals surface area contributed by atoms with Gasteiger partial charge in [0.25, 0.3) is 0 Å². The average Bonchev–Trinajstić information content (AvgIpc) is 2.01. The van der Waals surface area contributed by atoms with Crippen LogP contribution >= 0.6 is 34.2 Å². The number of hydrogen-bond donors (Lipinski definition) is 0. The van der Waals surface area contributed by atoms with Crippen molar-refractivity contribution < 1.29 is 4.39 Å². The maximum atomic E-state index is 13.0. The molecule has 1 nitrogen and oxygen atoms in total. The zero-order valence-electron chi connectivity index (χ0n) is 5.94. The first-order chi connectivity index (χ1) is 5.65. The van der Waals surface area contributed by atoms with E-state index in [0.717, 1.165) is 3.57 Å². The Kier molecular flexibility index (Phi) is 3.29. The Hall–Kier alpha value is -0.340. The maximum Gasteiger partial charge on any atom is 0.129 e. The SMILES string of the molecule is N#CCc1cc(I)c(Cl)cc1F. The average molecular weight is 295 g/mol. The Morgan fingerprint density at radius 2 is 2.25 bits per heavy atom. The van der Waals surface area contributed by atoms with Crippen molar-refractivity contribution in [1.82, 2.24) is 0 Å². The standard InChI is InChI=1S/C8H4ClFIN/c9-6-4-7(10)5(1-2-12)3-8(6)11/h3-4H,1H2. The molecule has 0 aliphatic heterocycles. The highest BCUT2D eigenvalue weighted by atomic mass is 127. The van der Waals surface area contributed by atoms with Crippen LogP contribution in [0.4, 0.5) is 4.39 Å². The number of nitriles is 1. The molecular weight excluding hydrogens is 291 g/mol. The van der Waals surface area contributed by atoms with Crippen molar-refractivity contribution in [2.45, 2.75) is 6.42 Å². The monoisotopic (exact) mass is 295 g/mol. The van der Waals surface area contributed by atoms with Crippen LogP contribution in [0.25, 0.3) is 0 Å². The Labute approximate surface area is 88.3 Å². The third-order valence-corrected chi connectivity index (χ3v) is 2.88. The molecule has 0 unspecified atom stereocenters. The fraction of sp³-hybridized carbons (Fsp3) is 0.125. The summed E-state index contributed by atoms with van der Waals surface area (Å²) >= 11 is 7.65. The van der Waals surface area contributed by atoms with Crippen LogP contribution in [0.5, 0.6) is 0 Å². The fourth-order valence-corrected chi connectivity index (χ4v) is 1.47. The van der Waals surface area contributed by atoms with Gasteiger partial charge in [0.1, 0.15) is 5.82 Å². The van der Waals surface area contributed by atoms with Gasteiger partial charge >= 0.3 is 0 Å². The molecule has 62 valence electrons. The minimum Gasteiger partial charge on any atom is -0.207 e. The summed E-state index contributed by atoms with van der Waals surface area (Å²) in [6.45, 7) is 0. The lowest BCUT2D eigenvalue weighted by Crippen LogP contribution is -1.90. The van der Waals surface area contributed by atoms with Crippen molar-refractivity contribution >= 4 is 34.2 Å². The van der Waals surface area contributed by atoms with Gasteiger partial charge in [0, 0.05) is 9.13 Å². The lowest BCUT2D eigenvalue weighted by Gasteiger charge is -2.00. The third-order valence-electron chi connectivity index (χ3n) is 1.36. The van der Waals surface area contributed by atoms with E-state index in [1.807, 2.05) is 28.7 Å². The molecule has 1 rings (SSSR count). The molecule has 0 saturated carbocycles. The highest BCUT2D eigenvalue weighted by molar-refractivity contribution is 14.1. The van der Waals surface area contributed by atoms with Crippen molar-refractivity contribution in [2.24, 2.45) is 0 Å². The summed E-state index contributed by atoms with van der Waals surface area (Å²) in [4.78, 5) is 0. The van der Waals surface area contributed by atoms with E-state index in [2.05, 4.69) is 0 Å². The van der Waals surface area contributed by atoms with Crippen molar-refractivity contribution in [1.29, 1.82) is 5.26 Å². The first kappa shape index (κ1) is 9.75. The molecule has 0 fully saturated rings. The molecule has 0 aliphatic rings. The first-order valence-electron chi connectivity index (χ1n) is 3.15. The van der Waals surface area contributed by atoms with Crippen LogP contribution in [0, 0.1) is 20.7 Å². The predicted octanol–water partition coefficient (Wildman–Crippen LogP) is 3.15. The zero-order chi connectivity index (χ0) is 9.14. The second kappa shape index (κ2) is 4.06. The molecule has 0 heterocycles. The minimum absolute atomic E-state index is 0.0823. The molecule has 0 bridgehead atoms. The molecular formula is C8H4ClFIN. The van der Waals surface area contributed by atoms with Crippen molar-refractivity contribution in [3.8, 4) is 6.07 Å². The van der Waals surface area contributed by atoms with Gasteiger partial charge in [-0.15, -0.1) is 0 Å². The van der Waals surface area contributed by atoms with E-state index in [-0.39, 0.29) is 6.42 Å². The molecule has 0 spiro atoms. The molecule has 4 heteroatoms. The third kappa shape index (κ3) is 2.08. The van der Waals surface area contributed by atoms with Gasteiger partial charge in [0.05, 0.1) is 17.5 Å². The maximum absolute atomic E-state index is 13.0. The second-order valence-electron chi connectivity index (χ2n) is 2.19. The van der Waals surface area contributed by atoms with E-state index in [0.29, 0.717) is 10.6 Å². The van der Waals surface area contributed by atoms with E-state index in [1.165, 1.54) is 6.07 Å². The smallest absolute Gasteiger partial charge is 0.129 e. The van der Waals surface area contributed by atoms with Gasteiger partial charge in [-0.2, -0.15) is 5.26 Å². The topological polar surface area (TPSA) is 23.8 Å². The molecule has 0 saturated heterocycles. The zero-order valence-corrected chi connectivity index (χ0v) is 8.86. The highest BCUT2D eigenvalue weighted by Gasteiger charge is 2.05. The Bertz CT molecular complexity index is 346. The Morgan fingerprint density at radius 3 is 2.83 bits per heavy atom. The first-order valence-corrected chi connectivity index (χ1v) is 4.61. The van der Waals surface area contributed by atoms with Gasteiger partial charge in [-0.25, -0.2) is 4.39 Å². The van der Waals surface area contributed by atoms with Crippen LogP contribution in [0.15, 0.2) is 12.1 Å².